The summed E-state index contributed by atoms with van der Waals surface area (Å²) in [5.74, 6) is -4.63. The number of benzene rings is 1. The van der Waals surface area contributed by atoms with Crippen molar-refractivity contribution in [3.63, 3.8) is 0 Å². The second-order valence-corrected chi connectivity index (χ2v) is 2.71. The van der Waals surface area contributed by atoms with Gasteiger partial charge >= 0.3 is 5.97 Å². The number of carbonyl (C=O) groups is 2. The summed E-state index contributed by atoms with van der Waals surface area (Å²) in [5.41, 5.74) is 0.786. The van der Waals surface area contributed by atoms with Crippen molar-refractivity contribution in [2.45, 2.75) is 0 Å². The molecule has 86 valence electrons. The minimum atomic E-state index is -1.32. The summed E-state index contributed by atoms with van der Waals surface area (Å²) in [6, 6.07) is 2.89. The van der Waals surface area contributed by atoms with Crippen LogP contribution in [0.1, 0.15) is 10.4 Å². The molecule has 0 aliphatic rings. The molecule has 0 aliphatic heterocycles. The van der Waals surface area contributed by atoms with E-state index in [-0.39, 0.29) is 0 Å². The van der Waals surface area contributed by atoms with Gasteiger partial charge in [0.05, 0.1) is 0 Å². The minimum Gasteiger partial charge on any atom is -0.479 e. The maximum atomic E-state index is 13.0. The van der Waals surface area contributed by atoms with Crippen LogP contribution in [-0.2, 0) is 9.63 Å². The van der Waals surface area contributed by atoms with Crippen LogP contribution in [0.25, 0.3) is 0 Å². The zero-order chi connectivity index (χ0) is 12.1. The first-order chi connectivity index (χ1) is 7.52. The van der Waals surface area contributed by atoms with E-state index in [2.05, 4.69) is 4.84 Å². The van der Waals surface area contributed by atoms with Gasteiger partial charge in [0.25, 0.3) is 5.91 Å². The van der Waals surface area contributed by atoms with Crippen molar-refractivity contribution in [1.29, 1.82) is 0 Å². The summed E-state index contributed by atoms with van der Waals surface area (Å²) in [4.78, 5) is 25.4. The molecule has 0 aliphatic carbocycles. The number of hydrogen-bond acceptors (Lipinski definition) is 3. The molecule has 5 nitrogen and oxygen atoms in total. The average Bonchev–Trinajstić information content (AvgIpc) is 2.16. The highest BCUT2D eigenvalue weighted by molar-refractivity contribution is 5.94. The Hall–Kier alpha value is -2.02. The van der Waals surface area contributed by atoms with Crippen molar-refractivity contribution >= 4 is 11.9 Å². The van der Waals surface area contributed by atoms with E-state index >= 15 is 0 Å². The van der Waals surface area contributed by atoms with E-state index in [0.29, 0.717) is 0 Å². The Kier molecular flexibility index (Phi) is 3.90. The first-order valence-electron chi connectivity index (χ1n) is 4.10. The lowest BCUT2D eigenvalue weighted by Crippen LogP contribution is -2.28. The first kappa shape index (κ1) is 12.1. The van der Waals surface area contributed by atoms with Gasteiger partial charge in [-0.05, 0) is 12.1 Å². The Morgan fingerprint density at radius 1 is 1.31 bits per heavy atom. The molecule has 0 unspecified atom stereocenters. The Balaban J connectivity index is 2.70. The molecule has 16 heavy (non-hydrogen) atoms. The van der Waals surface area contributed by atoms with Gasteiger partial charge in [-0.1, -0.05) is 6.07 Å². The quantitative estimate of drug-likeness (QED) is 0.748. The zero-order valence-electron chi connectivity index (χ0n) is 7.87. The summed E-state index contributed by atoms with van der Waals surface area (Å²) in [5, 5.41) is 8.18. The highest BCUT2D eigenvalue weighted by Gasteiger charge is 2.17. The van der Waals surface area contributed by atoms with Crippen molar-refractivity contribution < 1.29 is 28.3 Å². The number of hydroxylamine groups is 1. The number of amides is 1. The van der Waals surface area contributed by atoms with Crippen LogP contribution in [0.15, 0.2) is 18.2 Å². The Morgan fingerprint density at radius 3 is 2.38 bits per heavy atom. The lowest BCUT2D eigenvalue weighted by molar-refractivity contribution is -0.144. The molecule has 0 bridgehead atoms. The molecule has 0 saturated carbocycles. The molecule has 0 saturated heterocycles. The van der Waals surface area contributed by atoms with Gasteiger partial charge in [0.2, 0.25) is 0 Å². The number of carboxylic acid groups (broad SMARTS) is 1. The fourth-order valence-corrected chi connectivity index (χ4v) is 0.929. The molecule has 0 aromatic heterocycles. The summed E-state index contributed by atoms with van der Waals surface area (Å²) >= 11 is 0. The van der Waals surface area contributed by atoms with E-state index in [1.807, 2.05) is 0 Å². The van der Waals surface area contributed by atoms with E-state index in [9.17, 15) is 18.4 Å². The molecule has 0 fully saturated rings. The van der Waals surface area contributed by atoms with Gasteiger partial charge in [0, 0.05) is 0 Å². The lowest BCUT2D eigenvalue weighted by atomic mass is 10.2. The summed E-state index contributed by atoms with van der Waals surface area (Å²) in [6.07, 6.45) is 0. The van der Waals surface area contributed by atoms with Gasteiger partial charge in [-0.3, -0.25) is 9.63 Å². The minimum absolute atomic E-state index is 0.804. The number of rotatable bonds is 4. The largest absolute Gasteiger partial charge is 0.479 e. The summed E-state index contributed by atoms with van der Waals surface area (Å²) in [7, 11) is 0. The SMILES string of the molecule is O=C(O)CONC(=O)c1c(F)cccc1F. The predicted octanol–water partition coefficient (Wildman–Crippen LogP) is 0.711. The smallest absolute Gasteiger partial charge is 0.332 e. The first-order valence-corrected chi connectivity index (χ1v) is 4.10. The highest BCUT2D eigenvalue weighted by Crippen LogP contribution is 2.11. The molecule has 1 aromatic rings. The third kappa shape index (κ3) is 2.99. The molecular weight excluding hydrogens is 224 g/mol. The van der Waals surface area contributed by atoms with Crippen LogP contribution in [0.3, 0.4) is 0 Å². The van der Waals surface area contributed by atoms with Gasteiger partial charge < -0.3 is 5.11 Å². The van der Waals surface area contributed by atoms with Gasteiger partial charge in [-0.15, -0.1) is 0 Å². The number of hydrogen-bond donors (Lipinski definition) is 2. The van der Waals surface area contributed by atoms with Crippen LogP contribution in [0.4, 0.5) is 8.78 Å². The predicted molar refractivity (Wildman–Crippen MR) is 47.4 cm³/mol. The second kappa shape index (κ2) is 5.17. The van der Waals surface area contributed by atoms with Gasteiger partial charge in [-0.2, -0.15) is 0 Å². The molecule has 2 N–H and O–H groups in total. The number of halogens is 2. The van der Waals surface area contributed by atoms with Crippen LogP contribution >= 0.6 is 0 Å². The third-order valence-corrected chi connectivity index (χ3v) is 1.55. The fourth-order valence-electron chi connectivity index (χ4n) is 0.929. The lowest BCUT2D eigenvalue weighted by Gasteiger charge is -2.05. The van der Waals surface area contributed by atoms with Crippen molar-refractivity contribution in [2.75, 3.05) is 6.61 Å². The van der Waals surface area contributed by atoms with E-state index in [1.54, 1.807) is 5.48 Å². The van der Waals surface area contributed by atoms with Crippen molar-refractivity contribution in [1.82, 2.24) is 5.48 Å². The Bertz CT molecular complexity index is 402. The molecule has 0 heterocycles. The van der Waals surface area contributed by atoms with Gasteiger partial charge in [0.15, 0.2) is 6.61 Å². The third-order valence-electron chi connectivity index (χ3n) is 1.55. The van der Waals surface area contributed by atoms with E-state index in [0.717, 1.165) is 18.2 Å². The number of nitrogens with one attached hydrogen (secondary N) is 1. The standard InChI is InChI=1S/C9H7F2NO4/c10-5-2-1-3-6(11)8(5)9(15)12-16-4-7(13)14/h1-3H,4H2,(H,12,15)(H,13,14). The van der Waals surface area contributed by atoms with E-state index < -0.39 is 35.7 Å². The molecular formula is C9H7F2NO4. The highest BCUT2D eigenvalue weighted by atomic mass is 19.1. The number of aliphatic carboxylic acids is 1. The second-order valence-electron chi connectivity index (χ2n) is 2.71. The van der Waals surface area contributed by atoms with Gasteiger partial charge in [-0.25, -0.2) is 19.1 Å². The monoisotopic (exact) mass is 231 g/mol. The molecule has 1 rings (SSSR count). The van der Waals surface area contributed by atoms with E-state index in [1.165, 1.54) is 0 Å². The maximum Gasteiger partial charge on any atom is 0.332 e. The normalized spacial score (nSPS) is 9.88. The van der Waals surface area contributed by atoms with Crippen molar-refractivity contribution in [3.05, 3.63) is 35.4 Å². The van der Waals surface area contributed by atoms with Crippen LogP contribution in [0.5, 0.6) is 0 Å². The van der Waals surface area contributed by atoms with Crippen LogP contribution in [0.2, 0.25) is 0 Å². The zero-order valence-corrected chi connectivity index (χ0v) is 7.87. The molecule has 1 aromatic carbocycles. The Labute approximate surface area is 88.6 Å². The molecule has 0 spiro atoms. The number of carboxylic acids is 1. The summed E-state index contributed by atoms with van der Waals surface area (Å²) < 4.78 is 26.0. The molecule has 0 atom stereocenters. The van der Waals surface area contributed by atoms with Crippen molar-refractivity contribution in [2.24, 2.45) is 0 Å². The fraction of sp³-hybridized carbons (Fsp3) is 0.111. The summed E-state index contributed by atoms with van der Waals surface area (Å²) in [6.45, 7) is -0.804. The Morgan fingerprint density at radius 2 is 1.88 bits per heavy atom. The molecule has 7 heteroatoms. The van der Waals surface area contributed by atoms with Crippen LogP contribution in [-0.4, -0.2) is 23.6 Å². The van der Waals surface area contributed by atoms with E-state index in [4.69, 9.17) is 5.11 Å². The van der Waals surface area contributed by atoms with Gasteiger partial charge in [0.1, 0.15) is 17.2 Å². The molecule has 0 radical (unpaired) electrons. The van der Waals surface area contributed by atoms with Crippen LogP contribution < -0.4 is 5.48 Å². The maximum absolute atomic E-state index is 13.0. The topological polar surface area (TPSA) is 75.6 Å². The van der Waals surface area contributed by atoms with Crippen molar-refractivity contribution in [3.8, 4) is 0 Å². The van der Waals surface area contributed by atoms with Crippen LogP contribution in [0, 0.1) is 11.6 Å². The average molecular weight is 231 g/mol. The number of carbonyl (C=O) groups excluding carboxylic acids is 1. The molecule has 1 amide bonds.